The molecule has 0 spiro atoms. The van der Waals surface area contributed by atoms with Crippen molar-refractivity contribution < 1.29 is 4.74 Å². The van der Waals surface area contributed by atoms with Gasteiger partial charge in [-0.1, -0.05) is 6.07 Å². The lowest BCUT2D eigenvalue weighted by Gasteiger charge is -2.25. The number of nitrogens with zero attached hydrogens (tertiary/aromatic N) is 1. The van der Waals surface area contributed by atoms with Gasteiger partial charge in [0, 0.05) is 12.3 Å². The van der Waals surface area contributed by atoms with Crippen LogP contribution < -0.4 is 10.5 Å². The van der Waals surface area contributed by atoms with E-state index in [1.54, 1.807) is 6.20 Å². The van der Waals surface area contributed by atoms with Gasteiger partial charge in [0.05, 0.1) is 6.04 Å². The maximum Gasteiger partial charge on any atom is 0.213 e. The van der Waals surface area contributed by atoms with Gasteiger partial charge in [0.1, 0.15) is 6.10 Å². The maximum atomic E-state index is 5.60. The van der Waals surface area contributed by atoms with Crippen molar-refractivity contribution >= 4 is 0 Å². The molecule has 1 saturated carbocycles. The molecule has 0 atom stereocenters. The first-order valence-electron chi connectivity index (χ1n) is 4.83. The van der Waals surface area contributed by atoms with Crippen molar-refractivity contribution in [1.82, 2.24) is 4.98 Å². The van der Waals surface area contributed by atoms with Crippen LogP contribution in [-0.4, -0.2) is 11.1 Å². The van der Waals surface area contributed by atoms with Crippen LogP contribution in [0.3, 0.4) is 0 Å². The van der Waals surface area contributed by atoms with Crippen LogP contribution in [0, 0.1) is 13.0 Å². The minimum Gasteiger partial charge on any atom is -0.474 e. The molecule has 1 aromatic rings. The summed E-state index contributed by atoms with van der Waals surface area (Å²) in [7, 11) is 0. The molecule has 1 aromatic heterocycles. The molecule has 0 unspecified atom stereocenters. The summed E-state index contributed by atoms with van der Waals surface area (Å²) in [5.74, 6) is 0.680. The minimum atomic E-state index is 0.370. The molecular weight excluding hydrogens is 176 g/mol. The van der Waals surface area contributed by atoms with E-state index < -0.39 is 0 Å². The molecule has 2 N–H and O–H groups in total. The fourth-order valence-corrected chi connectivity index (χ4v) is 1.30. The Kier molecular flexibility index (Phi) is 2.68. The highest BCUT2D eigenvalue weighted by Crippen LogP contribution is 2.24. The average molecular weight is 190 g/mol. The van der Waals surface area contributed by atoms with E-state index in [1.807, 2.05) is 12.1 Å². The third kappa shape index (κ3) is 2.04. The van der Waals surface area contributed by atoms with E-state index in [4.69, 9.17) is 10.5 Å². The van der Waals surface area contributed by atoms with Gasteiger partial charge in [0.15, 0.2) is 0 Å². The monoisotopic (exact) mass is 190 g/mol. The number of pyridine rings is 1. The van der Waals surface area contributed by atoms with E-state index in [-0.39, 0.29) is 0 Å². The van der Waals surface area contributed by atoms with Crippen LogP contribution in [0.5, 0.6) is 5.88 Å². The van der Waals surface area contributed by atoms with Crippen LogP contribution in [0.15, 0.2) is 18.3 Å². The van der Waals surface area contributed by atoms with Crippen LogP contribution in [0.1, 0.15) is 24.8 Å². The van der Waals surface area contributed by atoms with Gasteiger partial charge < -0.3 is 10.5 Å². The van der Waals surface area contributed by atoms with Crippen LogP contribution >= 0.6 is 0 Å². The van der Waals surface area contributed by atoms with Crippen molar-refractivity contribution in [2.75, 3.05) is 0 Å². The van der Waals surface area contributed by atoms with Crippen molar-refractivity contribution in [3.05, 3.63) is 36.9 Å². The van der Waals surface area contributed by atoms with Gasteiger partial charge in [0.2, 0.25) is 5.88 Å². The first-order valence-corrected chi connectivity index (χ1v) is 4.83. The fourth-order valence-electron chi connectivity index (χ4n) is 1.30. The van der Waals surface area contributed by atoms with Crippen molar-refractivity contribution in [1.29, 1.82) is 0 Å². The minimum absolute atomic E-state index is 0.370. The first kappa shape index (κ1) is 9.46. The summed E-state index contributed by atoms with van der Waals surface area (Å²) in [6, 6.07) is 4.25. The van der Waals surface area contributed by atoms with E-state index in [0.717, 1.165) is 18.4 Å². The van der Waals surface area contributed by atoms with E-state index in [0.29, 0.717) is 18.0 Å². The number of ether oxygens (including phenoxy) is 1. The number of rotatable bonds is 3. The molecule has 0 aliphatic heterocycles. The number of aromatic nitrogens is 1. The second kappa shape index (κ2) is 3.96. The second-order valence-corrected chi connectivity index (χ2v) is 3.58. The molecule has 0 bridgehead atoms. The Bertz CT molecular complexity index is 291. The molecule has 3 heteroatoms. The van der Waals surface area contributed by atoms with E-state index in [9.17, 15) is 0 Å². The van der Waals surface area contributed by atoms with Crippen molar-refractivity contribution in [3.63, 3.8) is 0 Å². The number of hydrogen-bond donors (Lipinski definition) is 1. The summed E-state index contributed by atoms with van der Waals surface area (Å²) < 4.78 is 5.60. The maximum absolute atomic E-state index is 5.60. The van der Waals surface area contributed by atoms with Crippen LogP contribution in [0.4, 0.5) is 0 Å². The van der Waals surface area contributed by atoms with Crippen LogP contribution in [0.2, 0.25) is 0 Å². The third-order valence-electron chi connectivity index (χ3n) is 2.45. The second-order valence-electron chi connectivity index (χ2n) is 3.58. The Labute approximate surface area is 84.3 Å². The lowest BCUT2D eigenvalue weighted by molar-refractivity contribution is 0.114. The summed E-state index contributed by atoms with van der Waals surface area (Å²) in [5.41, 5.74) is 6.38. The van der Waals surface area contributed by atoms with Crippen LogP contribution in [0.25, 0.3) is 0 Å². The van der Waals surface area contributed by atoms with Gasteiger partial charge in [-0.3, -0.25) is 0 Å². The quantitative estimate of drug-likeness (QED) is 0.789. The van der Waals surface area contributed by atoms with E-state index >= 15 is 0 Å². The molecule has 2 rings (SSSR count). The molecule has 3 nitrogen and oxygen atoms in total. The topological polar surface area (TPSA) is 48.1 Å². The molecule has 74 valence electrons. The molecule has 0 saturated heterocycles. The standard InChI is InChI=1S/C11H14N2O/c1-8(12)9-5-6-11(13-7-9)14-10-3-2-4-10/h5-7,10H,1-4,12H2. The summed E-state index contributed by atoms with van der Waals surface area (Å²) in [4.78, 5) is 4.16. The lowest BCUT2D eigenvalue weighted by atomic mass is 9.96. The summed E-state index contributed by atoms with van der Waals surface area (Å²) >= 11 is 0. The molecule has 1 fully saturated rings. The zero-order valence-corrected chi connectivity index (χ0v) is 8.07. The Hall–Kier alpha value is -1.09. The molecule has 1 aliphatic carbocycles. The highest BCUT2D eigenvalue weighted by atomic mass is 16.5. The molecule has 1 aliphatic rings. The Morgan fingerprint density at radius 2 is 2.29 bits per heavy atom. The Balaban J connectivity index is 1.98. The number of nitrogens with two attached hydrogens (primary N) is 1. The lowest BCUT2D eigenvalue weighted by Crippen LogP contribution is -2.25. The van der Waals surface area contributed by atoms with E-state index in [1.165, 1.54) is 6.42 Å². The summed E-state index contributed by atoms with van der Waals surface area (Å²) in [5, 5.41) is 0. The summed E-state index contributed by atoms with van der Waals surface area (Å²) in [6.45, 7) is 3.64. The molecule has 0 amide bonds. The molecule has 2 radical (unpaired) electrons. The first-order chi connectivity index (χ1) is 6.75. The van der Waals surface area contributed by atoms with Gasteiger partial charge in [-0.2, -0.15) is 0 Å². The molecule has 14 heavy (non-hydrogen) atoms. The largest absolute Gasteiger partial charge is 0.474 e. The molecular formula is C11H14N2O. The van der Waals surface area contributed by atoms with Crippen molar-refractivity contribution in [2.45, 2.75) is 25.4 Å². The van der Waals surface area contributed by atoms with Crippen molar-refractivity contribution in [2.24, 2.45) is 5.73 Å². The Morgan fingerprint density at radius 3 is 2.71 bits per heavy atom. The highest BCUT2D eigenvalue weighted by molar-refractivity contribution is 5.29. The molecule has 0 aromatic carbocycles. The van der Waals surface area contributed by atoms with Gasteiger partial charge in [-0.25, -0.2) is 4.98 Å². The zero-order chi connectivity index (χ0) is 9.97. The smallest absolute Gasteiger partial charge is 0.213 e. The zero-order valence-electron chi connectivity index (χ0n) is 8.07. The molecule has 1 heterocycles. The summed E-state index contributed by atoms with van der Waals surface area (Å²) in [6.07, 6.45) is 5.62. The van der Waals surface area contributed by atoms with Gasteiger partial charge >= 0.3 is 0 Å². The normalized spacial score (nSPS) is 16.8. The predicted octanol–water partition coefficient (Wildman–Crippen LogP) is 1.69. The van der Waals surface area contributed by atoms with E-state index in [2.05, 4.69) is 11.9 Å². The van der Waals surface area contributed by atoms with Crippen LogP contribution in [-0.2, 0) is 0 Å². The SMILES string of the molecule is [CH2][C](N)c1ccc(OC2CCC2)nc1. The average Bonchev–Trinajstić information content (AvgIpc) is 2.12. The van der Waals surface area contributed by atoms with Crippen molar-refractivity contribution in [3.8, 4) is 5.88 Å². The predicted molar refractivity (Wildman–Crippen MR) is 54.4 cm³/mol. The van der Waals surface area contributed by atoms with Gasteiger partial charge in [-0.15, -0.1) is 0 Å². The van der Waals surface area contributed by atoms with Gasteiger partial charge in [-0.05, 0) is 31.7 Å². The van der Waals surface area contributed by atoms with Gasteiger partial charge in [0.25, 0.3) is 0 Å². The fraction of sp³-hybridized carbons (Fsp3) is 0.364. The third-order valence-corrected chi connectivity index (χ3v) is 2.45. The number of hydrogen-bond acceptors (Lipinski definition) is 3. The highest BCUT2D eigenvalue weighted by Gasteiger charge is 2.19. The Morgan fingerprint density at radius 1 is 1.50 bits per heavy atom.